The van der Waals surface area contributed by atoms with Crippen molar-refractivity contribution in [3.63, 3.8) is 0 Å². The highest BCUT2D eigenvalue weighted by atomic mass is 16.6. The number of fused-ring (bicyclic) bond motifs is 1. The Kier molecular flexibility index (Phi) is 5.07. The van der Waals surface area contributed by atoms with E-state index in [1.54, 1.807) is 36.1 Å². The van der Waals surface area contributed by atoms with Gasteiger partial charge in [0.25, 0.3) is 11.2 Å². The van der Waals surface area contributed by atoms with Crippen LogP contribution in [-0.4, -0.2) is 28.6 Å². The third-order valence-corrected chi connectivity index (χ3v) is 5.01. The van der Waals surface area contributed by atoms with E-state index in [4.69, 9.17) is 0 Å². The largest absolute Gasteiger partial charge is 0.351 e. The van der Waals surface area contributed by atoms with Gasteiger partial charge in [-0.2, -0.15) is 4.98 Å². The number of nitro benzene ring substituents is 1. The van der Waals surface area contributed by atoms with Gasteiger partial charge >= 0.3 is 5.69 Å². The molecule has 11 nitrogen and oxygen atoms in total. The number of nitrogens with zero attached hydrogens (tertiary/aromatic N) is 6. The van der Waals surface area contributed by atoms with Gasteiger partial charge in [-0.1, -0.05) is 18.2 Å². The van der Waals surface area contributed by atoms with E-state index in [0.717, 1.165) is 15.7 Å². The predicted octanol–water partition coefficient (Wildman–Crippen LogP) is 1.40. The number of benzene rings is 1. The number of nitrogens with one attached hydrogen (secondary N) is 1. The average molecular weight is 421 g/mol. The number of hydrogen-bond donors (Lipinski definition) is 1. The fraction of sp³-hybridized carbons (Fsp3) is 0.200. The zero-order valence-corrected chi connectivity index (χ0v) is 16.8. The molecule has 11 heteroatoms. The zero-order valence-electron chi connectivity index (χ0n) is 16.8. The fourth-order valence-electron chi connectivity index (χ4n) is 3.32. The molecule has 3 heterocycles. The van der Waals surface area contributed by atoms with Crippen molar-refractivity contribution in [3.05, 3.63) is 90.9 Å². The van der Waals surface area contributed by atoms with Gasteiger partial charge in [0.15, 0.2) is 11.2 Å². The molecule has 0 saturated heterocycles. The van der Waals surface area contributed by atoms with Crippen LogP contribution < -0.4 is 16.6 Å². The first kappa shape index (κ1) is 20.0. The summed E-state index contributed by atoms with van der Waals surface area (Å²) >= 11 is 0. The highest BCUT2D eigenvalue weighted by Crippen LogP contribution is 2.20. The lowest BCUT2D eigenvalue weighted by atomic mass is 10.2. The van der Waals surface area contributed by atoms with Crippen LogP contribution in [0.3, 0.4) is 0 Å². The van der Waals surface area contributed by atoms with Gasteiger partial charge < -0.3 is 5.32 Å². The molecule has 1 aromatic carbocycles. The van der Waals surface area contributed by atoms with E-state index in [0.29, 0.717) is 12.5 Å². The number of anilines is 1. The maximum absolute atomic E-state index is 12.9. The standard InChI is InChI=1S/C20H19N7O4/c1-24-17-16(18(28)25(2)20(24)29)26(12-13-5-7-15(8-6-13)27(30)31)19(23-17)22-11-14-4-3-9-21-10-14/h3-10H,11-12H2,1-2H3,(H,22,23). The van der Waals surface area contributed by atoms with E-state index in [-0.39, 0.29) is 23.4 Å². The van der Waals surface area contributed by atoms with Crippen molar-refractivity contribution in [2.45, 2.75) is 13.1 Å². The second-order valence-corrected chi connectivity index (χ2v) is 7.04. The maximum atomic E-state index is 12.9. The molecule has 0 spiro atoms. The molecule has 1 N–H and O–H groups in total. The molecule has 0 saturated carbocycles. The number of hydrogen-bond acceptors (Lipinski definition) is 7. The Bertz CT molecular complexity index is 1390. The maximum Gasteiger partial charge on any atom is 0.332 e. The van der Waals surface area contributed by atoms with E-state index in [1.165, 1.54) is 23.7 Å². The fourth-order valence-corrected chi connectivity index (χ4v) is 3.32. The lowest BCUT2D eigenvalue weighted by molar-refractivity contribution is -0.384. The van der Waals surface area contributed by atoms with E-state index in [9.17, 15) is 19.7 Å². The number of rotatable bonds is 6. The van der Waals surface area contributed by atoms with Gasteiger partial charge in [-0.3, -0.25) is 33.6 Å². The molecule has 4 aromatic rings. The molecule has 0 amide bonds. The first-order chi connectivity index (χ1) is 14.9. The summed E-state index contributed by atoms with van der Waals surface area (Å²) < 4.78 is 4.02. The summed E-state index contributed by atoms with van der Waals surface area (Å²) in [4.78, 5) is 44.3. The van der Waals surface area contributed by atoms with Crippen LogP contribution in [0.25, 0.3) is 11.2 Å². The van der Waals surface area contributed by atoms with Crippen molar-refractivity contribution in [1.82, 2.24) is 23.7 Å². The molecule has 31 heavy (non-hydrogen) atoms. The third kappa shape index (κ3) is 3.68. The minimum absolute atomic E-state index is 0.0209. The van der Waals surface area contributed by atoms with Crippen molar-refractivity contribution in [3.8, 4) is 0 Å². The SMILES string of the molecule is Cn1c(=O)c2c(nc(NCc3cccnc3)n2Cc2ccc([N+](=O)[O-])cc2)n(C)c1=O. The normalized spacial score (nSPS) is 11.0. The van der Waals surface area contributed by atoms with Crippen molar-refractivity contribution < 1.29 is 4.92 Å². The molecule has 3 aromatic heterocycles. The Morgan fingerprint density at radius 2 is 1.81 bits per heavy atom. The first-order valence-corrected chi connectivity index (χ1v) is 9.39. The summed E-state index contributed by atoms with van der Waals surface area (Å²) in [5.74, 6) is 0.399. The van der Waals surface area contributed by atoms with E-state index < -0.39 is 16.2 Å². The number of pyridine rings is 1. The molecule has 158 valence electrons. The van der Waals surface area contributed by atoms with Crippen LogP contribution in [0.1, 0.15) is 11.1 Å². The van der Waals surface area contributed by atoms with Crippen molar-refractivity contribution in [2.75, 3.05) is 5.32 Å². The minimum atomic E-state index is -0.476. The molecular formula is C20H19N7O4. The van der Waals surface area contributed by atoms with Gasteiger partial charge in [-0.05, 0) is 17.2 Å². The van der Waals surface area contributed by atoms with Crippen molar-refractivity contribution in [1.29, 1.82) is 0 Å². The lowest BCUT2D eigenvalue weighted by Crippen LogP contribution is -2.37. The van der Waals surface area contributed by atoms with Gasteiger partial charge in [0.1, 0.15) is 0 Å². The zero-order chi connectivity index (χ0) is 22.1. The van der Waals surface area contributed by atoms with E-state index in [1.807, 2.05) is 12.1 Å². The van der Waals surface area contributed by atoms with Gasteiger partial charge in [0.2, 0.25) is 5.95 Å². The number of nitro groups is 1. The Morgan fingerprint density at radius 3 is 2.45 bits per heavy atom. The Labute approximate surface area is 175 Å². The molecule has 0 aliphatic carbocycles. The van der Waals surface area contributed by atoms with Crippen molar-refractivity contribution in [2.24, 2.45) is 14.1 Å². The third-order valence-electron chi connectivity index (χ3n) is 5.01. The molecule has 0 bridgehead atoms. The van der Waals surface area contributed by atoms with Crippen LogP contribution >= 0.6 is 0 Å². The molecule has 0 aliphatic rings. The second-order valence-electron chi connectivity index (χ2n) is 7.04. The molecule has 0 atom stereocenters. The Balaban J connectivity index is 1.82. The Hall–Kier alpha value is -4.28. The van der Waals surface area contributed by atoms with Crippen molar-refractivity contribution >= 4 is 22.8 Å². The average Bonchev–Trinajstić information content (AvgIpc) is 3.14. The quantitative estimate of drug-likeness (QED) is 0.368. The highest BCUT2D eigenvalue weighted by molar-refractivity contribution is 5.74. The topological polar surface area (TPSA) is 130 Å². The van der Waals surface area contributed by atoms with Gasteiger partial charge in [-0.25, -0.2) is 4.79 Å². The minimum Gasteiger partial charge on any atom is -0.351 e. The summed E-state index contributed by atoms with van der Waals surface area (Å²) in [5, 5.41) is 14.1. The molecule has 0 radical (unpaired) electrons. The monoisotopic (exact) mass is 421 g/mol. The van der Waals surface area contributed by atoms with Crippen LogP contribution in [0.4, 0.5) is 11.6 Å². The molecule has 4 rings (SSSR count). The predicted molar refractivity (Wildman–Crippen MR) is 114 cm³/mol. The number of imidazole rings is 1. The van der Waals surface area contributed by atoms with Crippen LogP contribution in [0.5, 0.6) is 0 Å². The van der Waals surface area contributed by atoms with Crippen LogP contribution in [-0.2, 0) is 27.2 Å². The lowest BCUT2D eigenvalue weighted by Gasteiger charge is -2.11. The Morgan fingerprint density at radius 1 is 1.06 bits per heavy atom. The number of aryl methyl sites for hydroxylation is 1. The van der Waals surface area contributed by atoms with E-state index >= 15 is 0 Å². The second kappa shape index (κ2) is 7.86. The van der Waals surface area contributed by atoms with Crippen LogP contribution in [0.2, 0.25) is 0 Å². The summed E-state index contributed by atoms with van der Waals surface area (Å²) in [7, 11) is 2.97. The summed E-state index contributed by atoms with van der Waals surface area (Å²) in [6.07, 6.45) is 3.39. The molecule has 0 fully saturated rings. The van der Waals surface area contributed by atoms with Crippen LogP contribution in [0, 0.1) is 10.1 Å². The first-order valence-electron chi connectivity index (χ1n) is 9.39. The van der Waals surface area contributed by atoms with Gasteiger partial charge in [0, 0.05) is 45.2 Å². The molecule has 0 unspecified atom stereocenters. The van der Waals surface area contributed by atoms with Gasteiger partial charge in [0.05, 0.1) is 11.5 Å². The molecule has 0 aliphatic heterocycles. The summed E-state index contributed by atoms with van der Waals surface area (Å²) in [6.45, 7) is 0.642. The van der Waals surface area contributed by atoms with Crippen LogP contribution in [0.15, 0.2) is 58.4 Å². The summed E-state index contributed by atoms with van der Waals surface area (Å²) in [5.41, 5.74) is 1.20. The van der Waals surface area contributed by atoms with E-state index in [2.05, 4.69) is 15.3 Å². The summed E-state index contributed by atoms with van der Waals surface area (Å²) in [6, 6.07) is 9.78. The molecular weight excluding hydrogens is 402 g/mol. The smallest absolute Gasteiger partial charge is 0.332 e. The highest BCUT2D eigenvalue weighted by Gasteiger charge is 2.19. The van der Waals surface area contributed by atoms with Gasteiger partial charge in [-0.15, -0.1) is 0 Å². The number of non-ortho nitro benzene ring substituents is 1. The number of aromatic nitrogens is 5.